The first-order valence-corrected chi connectivity index (χ1v) is 16.3. The Kier molecular flexibility index (Phi) is 8.56. The lowest BCUT2D eigenvalue weighted by Gasteiger charge is -2.34. The Bertz CT molecular complexity index is 1530. The van der Waals surface area contributed by atoms with Crippen LogP contribution in [0.3, 0.4) is 0 Å². The molecule has 11 nitrogen and oxygen atoms in total. The van der Waals surface area contributed by atoms with E-state index < -0.39 is 29.4 Å². The lowest BCUT2D eigenvalue weighted by Crippen LogP contribution is -2.48. The summed E-state index contributed by atoms with van der Waals surface area (Å²) < 4.78 is 24.5. The Morgan fingerprint density at radius 2 is 1.80 bits per heavy atom. The molecule has 6 rings (SSSR count). The van der Waals surface area contributed by atoms with Crippen LogP contribution in [0.25, 0.3) is 10.9 Å². The Balaban J connectivity index is 1.37. The summed E-state index contributed by atoms with van der Waals surface area (Å²) in [4.78, 5) is 60.6. The second-order valence-electron chi connectivity index (χ2n) is 14.3. The van der Waals surface area contributed by atoms with Crippen LogP contribution in [0.5, 0.6) is 11.8 Å². The van der Waals surface area contributed by atoms with Gasteiger partial charge < -0.3 is 23.8 Å². The molecule has 2 aromatic rings. The van der Waals surface area contributed by atoms with Crippen molar-refractivity contribution in [2.75, 3.05) is 20.8 Å². The minimum atomic E-state index is -0.900. The fourth-order valence-electron chi connectivity index (χ4n) is 7.75. The Morgan fingerprint density at radius 1 is 1.00 bits per heavy atom. The standard InChI is InChI=1S/C34H45N3O8/c1-34(2,3)25-17-29(38)45-28-14-19-13-24(19)22(28)9-7-6-8-12-36-30(39)23-11-10-20(42-4)15-26(23)35-33(36)44-21-16-27(32(41)43-5)37(18-21)31(25)40/h10-11,15,19,21-22,24-25,27-28H,6-9,12-14,16-18H2,1-5H3/t19-,21+,22+,24-,25+,27-,28+/m0/s1. The SMILES string of the molecule is COC(=O)[C@@H]1C[C@@H]2CN1C(=O)[C@H](C(C)(C)C)CC(=O)O[C@@H]1C[C@@H]3C[C@@H]3[C@H]1CCCCCn1c(nc3cc(OC)ccc3c1=O)O2. The van der Waals surface area contributed by atoms with Crippen molar-refractivity contribution < 1.29 is 33.3 Å². The number of esters is 2. The molecule has 2 saturated carbocycles. The Hall–Kier alpha value is -3.63. The molecule has 2 aliphatic carbocycles. The zero-order valence-electron chi connectivity index (χ0n) is 27.0. The maximum atomic E-state index is 14.2. The first-order chi connectivity index (χ1) is 21.5. The Labute approximate surface area is 263 Å². The number of hydrogen-bond acceptors (Lipinski definition) is 9. The number of methoxy groups -OCH3 is 2. The molecule has 7 atom stereocenters. The topological polar surface area (TPSA) is 126 Å². The van der Waals surface area contributed by atoms with E-state index >= 15 is 0 Å². The van der Waals surface area contributed by atoms with E-state index in [1.54, 1.807) is 29.9 Å². The van der Waals surface area contributed by atoms with Crippen molar-refractivity contribution in [1.82, 2.24) is 14.5 Å². The minimum Gasteiger partial charge on any atom is -0.497 e. The van der Waals surface area contributed by atoms with Crippen LogP contribution in [0.15, 0.2) is 23.0 Å². The molecule has 0 radical (unpaired) electrons. The van der Waals surface area contributed by atoms with Gasteiger partial charge in [-0.2, -0.15) is 4.98 Å². The molecule has 2 aliphatic heterocycles. The molecule has 0 unspecified atom stereocenters. The monoisotopic (exact) mass is 623 g/mol. The van der Waals surface area contributed by atoms with Crippen LogP contribution in [0, 0.1) is 29.1 Å². The van der Waals surface area contributed by atoms with Crippen LogP contribution < -0.4 is 15.0 Å². The molecule has 45 heavy (non-hydrogen) atoms. The smallest absolute Gasteiger partial charge is 0.328 e. The molecular weight excluding hydrogens is 578 g/mol. The highest BCUT2D eigenvalue weighted by Gasteiger charge is 2.54. The van der Waals surface area contributed by atoms with E-state index in [4.69, 9.17) is 23.9 Å². The quantitative estimate of drug-likeness (QED) is 0.454. The molecule has 2 bridgehead atoms. The van der Waals surface area contributed by atoms with Crippen molar-refractivity contribution in [2.45, 2.75) is 96.9 Å². The van der Waals surface area contributed by atoms with Gasteiger partial charge in [0.2, 0.25) is 5.91 Å². The number of nitrogens with zero attached hydrogens (tertiary/aromatic N) is 3. The summed E-state index contributed by atoms with van der Waals surface area (Å²) in [5.41, 5.74) is -0.340. The summed E-state index contributed by atoms with van der Waals surface area (Å²) in [5.74, 6) is 0.154. The average Bonchev–Trinajstić information content (AvgIpc) is 3.49. The highest BCUT2D eigenvalue weighted by molar-refractivity contribution is 5.89. The molecule has 0 N–H and O–H groups in total. The van der Waals surface area contributed by atoms with Crippen molar-refractivity contribution >= 4 is 28.7 Å². The van der Waals surface area contributed by atoms with Crippen LogP contribution in [-0.2, 0) is 30.4 Å². The van der Waals surface area contributed by atoms with Gasteiger partial charge in [-0.1, -0.05) is 33.6 Å². The van der Waals surface area contributed by atoms with Crippen molar-refractivity contribution in [3.63, 3.8) is 0 Å². The maximum absolute atomic E-state index is 14.2. The van der Waals surface area contributed by atoms with Crippen LogP contribution >= 0.6 is 0 Å². The number of fused-ring (bicyclic) bond motifs is 7. The highest BCUT2D eigenvalue weighted by atomic mass is 16.5. The van der Waals surface area contributed by atoms with E-state index in [0.717, 1.165) is 32.1 Å². The average molecular weight is 624 g/mol. The number of carbonyl (C=O) groups excluding carboxylic acids is 3. The zero-order valence-corrected chi connectivity index (χ0v) is 27.0. The second-order valence-corrected chi connectivity index (χ2v) is 14.3. The van der Waals surface area contributed by atoms with E-state index in [9.17, 15) is 19.2 Å². The number of ether oxygens (including phenoxy) is 4. The summed E-state index contributed by atoms with van der Waals surface area (Å²) in [6, 6.07) is 4.40. The minimum absolute atomic E-state index is 0.0651. The van der Waals surface area contributed by atoms with Crippen molar-refractivity contribution in [2.24, 2.45) is 29.1 Å². The van der Waals surface area contributed by atoms with Gasteiger partial charge in [0.25, 0.3) is 11.6 Å². The van der Waals surface area contributed by atoms with E-state index in [2.05, 4.69) is 0 Å². The van der Waals surface area contributed by atoms with Gasteiger partial charge in [-0.3, -0.25) is 19.0 Å². The van der Waals surface area contributed by atoms with E-state index in [-0.39, 0.29) is 48.9 Å². The van der Waals surface area contributed by atoms with Crippen molar-refractivity contribution in [1.29, 1.82) is 0 Å². The Morgan fingerprint density at radius 3 is 2.53 bits per heavy atom. The van der Waals surface area contributed by atoms with Gasteiger partial charge in [0.05, 0.1) is 44.0 Å². The maximum Gasteiger partial charge on any atom is 0.328 e. The van der Waals surface area contributed by atoms with Gasteiger partial charge in [-0.15, -0.1) is 0 Å². The first kappa shape index (κ1) is 31.4. The molecule has 0 spiro atoms. The second kappa shape index (κ2) is 12.3. The lowest BCUT2D eigenvalue weighted by atomic mass is 9.77. The molecule has 3 heterocycles. The van der Waals surface area contributed by atoms with Crippen LogP contribution in [0.2, 0.25) is 0 Å². The predicted molar refractivity (Wildman–Crippen MR) is 165 cm³/mol. The number of carbonyl (C=O) groups is 3. The van der Waals surface area contributed by atoms with E-state index in [1.807, 2.05) is 20.8 Å². The number of benzene rings is 1. The summed E-state index contributed by atoms with van der Waals surface area (Å²) in [6.45, 7) is 6.27. The van der Waals surface area contributed by atoms with E-state index in [0.29, 0.717) is 41.0 Å². The van der Waals surface area contributed by atoms with Gasteiger partial charge >= 0.3 is 11.9 Å². The summed E-state index contributed by atoms with van der Waals surface area (Å²) in [5, 5.41) is 0.462. The third kappa shape index (κ3) is 6.27. The molecule has 4 aliphatic rings. The molecular formula is C34H45N3O8. The third-order valence-electron chi connectivity index (χ3n) is 10.4. The van der Waals surface area contributed by atoms with E-state index in [1.165, 1.54) is 18.4 Å². The first-order valence-electron chi connectivity index (χ1n) is 16.3. The van der Waals surface area contributed by atoms with Gasteiger partial charge in [0.1, 0.15) is 24.0 Å². The normalized spacial score (nSPS) is 30.7. The molecule has 3 fully saturated rings. The summed E-state index contributed by atoms with van der Waals surface area (Å²) in [6.07, 6.45) is 5.01. The summed E-state index contributed by atoms with van der Waals surface area (Å²) >= 11 is 0. The van der Waals surface area contributed by atoms with Gasteiger partial charge in [-0.25, -0.2) is 4.79 Å². The van der Waals surface area contributed by atoms with Crippen molar-refractivity contribution in [3.05, 3.63) is 28.6 Å². The van der Waals surface area contributed by atoms with Crippen LogP contribution in [0.4, 0.5) is 0 Å². The lowest BCUT2D eigenvalue weighted by molar-refractivity contribution is -0.160. The van der Waals surface area contributed by atoms with Crippen molar-refractivity contribution in [3.8, 4) is 11.8 Å². The van der Waals surface area contributed by atoms with Crippen LogP contribution in [0.1, 0.15) is 72.1 Å². The van der Waals surface area contributed by atoms with Gasteiger partial charge in [0.15, 0.2) is 0 Å². The molecule has 244 valence electrons. The number of hydrogen-bond donors (Lipinski definition) is 0. The zero-order chi connectivity index (χ0) is 32.0. The summed E-state index contributed by atoms with van der Waals surface area (Å²) in [7, 11) is 2.84. The highest BCUT2D eigenvalue weighted by Crippen LogP contribution is 2.58. The molecule has 1 amide bonds. The predicted octanol–water partition coefficient (Wildman–Crippen LogP) is 4.12. The molecule has 11 heteroatoms. The fourth-order valence-corrected chi connectivity index (χ4v) is 7.75. The molecule has 1 aromatic carbocycles. The number of amides is 1. The fraction of sp³-hybridized carbons (Fsp3) is 0.676. The number of aromatic nitrogens is 2. The third-order valence-corrected chi connectivity index (χ3v) is 10.4. The molecule has 1 aromatic heterocycles. The number of rotatable bonds is 2. The largest absolute Gasteiger partial charge is 0.497 e. The van der Waals surface area contributed by atoms with Crippen LogP contribution in [-0.4, -0.2) is 71.3 Å². The van der Waals surface area contributed by atoms with Gasteiger partial charge in [0, 0.05) is 19.0 Å². The van der Waals surface area contributed by atoms with Gasteiger partial charge in [-0.05, 0) is 61.0 Å². The molecule has 1 saturated heterocycles.